The van der Waals surface area contributed by atoms with Crippen LogP contribution in [0.2, 0.25) is 0 Å². The Labute approximate surface area is 171 Å². The molecule has 0 aliphatic carbocycles. The van der Waals surface area contributed by atoms with Gasteiger partial charge in [0.25, 0.3) is 0 Å². The predicted molar refractivity (Wildman–Crippen MR) is 118 cm³/mol. The number of ether oxygens (including phenoxy) is 2. The van der Waals surface area contributed by atoms with Gasteiger partial charge in [0, 0.05) is 18.7 Å². The molecule has 3 aromatic carbocycles. The minimum absolute atomic E-state index is 0.153. The molecule has 0 saturated heterocycles. The zero-order valence-corrected chi connectivity index (χ0v) is 18.0. The fourth-order valence-corrected chi connectivity index (χ4v) is 5.66. The first-order chi connectivity index (χ1) is 13.6. The Hall–Kier alpha value is -2.23. The third-order valence-corrected chi connectivity index (χ3v) is 6.93. The average molecular weight is 394 g/mol. The summed E-state index contributed by atoms with van der Waals surface area (Å²) >= 11 is 0. The molecule has 0 atom stereocenters. The summed E-state index contributed by atoms with van der Waals surface area (Å²) < 4.78 is 11.1. The molecule has 0 N–H and O–H groups in total. The van der Waals surface area contributed by atoms with E-state index < -0.39 is 0 Å². The first kappa shape index (κ1) is 20.5. The minimum Gasteiger partial charge on any atom is -0.491 e. The molecule has 28 heavy (non-hydrogen) atoms. The Balaban J connectivity index is 2.13. The molecule has 0 heterocycles. The summed E-state index contributed by atoms with van der Waals surface area (Å²) in [7, 11) is 1.55. The first-order valence-corrected chi connectivity index (χ1v) is 10.9. The Morgan fingerprint density at radius 2 is 1.39 bits per heavy atom. The van der Waals surface area contributed by atoms with Crippen molar-refractivity contribution in [3.63, 3.8) is 0 Å². The lowest BCUT2D eigenvalue weighted by Gasteiger charge is -2.18. The lowest BCUT2D eigenvalue weighted by molar-refractivity contribution is 0.146. The van der Waals surface area contributed by atoms with Crippen LogP contribution in [0.15, 0.2) is 87.5 Å². The zero-order chi connectivity index (χ0) is 19.9. The van der Waals surface area contributed by atoms with Gasteiger partial charge in [-0.15, -0.1) is 0 Å². The van der Waals surface area contributed by atoms with Crippen LogP contribution >= 0.6 is 0 Å². The first-order valence-electron chi connectivity index (χ1n) is 9.72. The summed E-state index contributed by atoms with van der Waals surface area (Å²) in [6.07, 6.45) is 0. The van der Waals surface area contributed by atoms with E-state index in [0.29, 0.717) is 19.1 Å². The van der Waals surface area contributed by atoms with Crippen LogP contribution in [0.3, 0.4) is 0 Å². The lowest BCUT2D eigenvalue weighted by Crippen LogP contribution is -2.11. The third kappa shape index (κ3) is 4.78. The lowest BCUT2D eigenvalue weighted by atomic mass is 10.0. The predicted octanol–water partition coefficient (Wildman–Crippen LogP) is 6.24. The molecule has 3 aromatic rings. The Kier molecular flexibility index (Phi) is 7.18. The molecule has 146 valence electrons. The molecule has 0 radical (unpaired) electrons. The summed E-state index contributed by atoms with van der Waals surface area (Å²) in [5.74, 6) is 1.36. The minimum atomic E-state index is -0.153. The normalized spacial score (nSPS) is 11.2. The number of benzene rings is 3. The molecular weight excluding hydrogens is 364 g/mol. The number of methoxy groups -OCH3 is 1. The van der Waals surface area contributed by atoms with Crippen molar-refractivity contribution < 1.29 is 9.47 Å². The molecular formula is C25H29O2S+. The van der Waals surface area contributed by atoms with Crippen molar-refractivity contribution in [3.8, 4) is 5.75 Å². The van der Waals surface area contributed by atoms with Crippen LogP contribution in [0, 0.1) is 6.92 Å². The highest BCUT2D eigenvalue weighted by Gasteiger charge is 2.32. The summed E-state index contributed by atoms with van der Waals surface area (Å²) in [6, 6.07) is 26.2. The highest BCUT2D eigenvalue weighted by atomic mass is 32.2. The number of aryl methyl sites for hydroxylation is 1. The van der Waals surface area contributed by atoms with Crippen LogP contribution in [0.4, 0.5) is 0 Å². The standard InChI is InChI=1S/C25H29O2S/c1-19(2)23-18-24(27-16-15-26-4)20(3)17-25(23)28(21-11-7-5-8-12-21)22-13-9-6-10-14-22/h5-14,17-19H,15-16H2,1-4H3/q+1. The SMILES string of the molecule is COCCOc1cc(C(C)C)c([S+](c2ccccc2)c2ccccc2)cc1C. The Bertz CT molecular complexity index is 836. The van der Waals surface area contributed by atoms with E-state index in [1.165, 1.54) is 25.8 Å². The molecule has 0 amide bonds. The molecule has 3 rings (SSSR count). The van der Waals surface area contributed by atoms with Crippen molar-refractivity contribution in [1.29, 1.82) is 0 Å². The summed E-state index contributed by atoms with van der Waals surface area (Å²) in [6.45, 7) is 7.80. The zero-order valence-electron chi connectivity index (χ0n) is 17.1. The van der Waals surface area contributed by atoms with Crippen molar-refractivity contribution in [2.45, 2.75) is 41.4 Å². The Morgan fingerprint density at radius 3 is 1.89 bits per heavy atom. The summed E-state index contributed by atoms with van der Waals surface area (Å²) in [4.78, 5) is 4.05. The maximum atomic E-state index is 5.99. The molecule has 0 aromatic heterocycles. The van der Waals surface area contributed by atoms with Crippen molar-refractivity contribution in [1.82, 2.24) is 0 Å². The molecule has 0 spiro atoms. The van der Waals surface area contributed by atoms with E-state index in [1.54, 1.807) is 7.11 Å². The van der Waals surface area contributed by atoms with Crippen molar-refractivity contribution in [2.75, 3.05) is 20.3 Å². The molecule has 0 bridgehead atoms. The Morgan fingerprint density at radius 1 is 0.821 bits per heavy atom. The van der Waals surface area contributed by atoms with Gasteiger partial charge in [-0.05, 0) is 48.7 Å². The van der Waals surface area contributed by atoms with Gasteiger partial charge in [0.2, 0.25) is 0 Å². The van der Waals surface area contributed by atoms with Crippen molar-refractivity contribution in [3.05, 3.63) is 83.9 Å². The van der Waals surface area contributed by atoms with E-state index in [1.807, 2.05) is 0 Å². The maximum absolute atomic E-state index is 5.99. The van der Waals surface area contributed by atoms with Crippen molar-refractivity contribution >= 4 is 10.9 Å². The second-order valence-corrected chi connectivity index (χ2v) is 9.08. The molecule has 3 heteroatoms. The van der Waals surface area contributed by atoms with Gasteiger partial charge in [-0.2, -0.15) is 0 Å². The van der Waals surface area contributed by atoms with E-state index in [9.17, 15) is 0 Å². The maximum Gasteiger partial charge on any atom is 0.170 e. The van der Waals surface area contributed by atoms with E-state index in [0.717, 1.165) is 5.75 Å². The monoisotopic (exact) mass is 393 g/mol. The molecule has 0 unspecified atom stereocenters. The largest absolute Gasteiger partial charge is 0.491 e. The number of hydrogen-bond donors (Lipinski definition) is 0. The second kappa shape index (κ2) is 9.81. The second-order valence-electron chi connectivity index (χ2n) is 7.08. The average Bonchev–Trinajstić information content (AvgIpc) is 2.71. The van der Waals surface area contributed by atoms with Gasteiger partial charge in [0.15, 0.2) is 14.7 Å². The van der Waals surface area contributed by atoms with Crippen molar-refractivity contribution in [2.24, 2.45) is 0 Å². The van der Waals surface area contributed by atoms with Crippen LogP contribution in [0.25, 0.3) is 0 Å². The highest BCUT2D eigenvalue weighted by molar-refractivity contribution is 7.97. The fraction of sp³-hybridized carbons (Fsp3) is 0.280. The molecule has 2 nitrogen and oxygen atoms in total. The van der Waals surface area contributed by atoms with E-state index in [4.69, 9.17) is 9.47 Å². The quantitative estimate of drug-likeness (QED) is 0.333. The van der Waals surface area contributed by atoms with Crippen LogP contribution in [0.5, 0.6) is 5.75 Å². The van der Waals surface area contributed by atoms with Gasteiger partial charge in [-0.25, -0.2) is 0 Å². The molecule has 0 fully saturated rings. The summed E-state index contributed by atoms with van der Waals surface area (Å²) in [5.41, 5.74) is 2.51. The van der Waals surface area contributed by atoms with E-state index in [2.05, 4.69) is 93.6 Å². The third-order valence-electron chi connectivity index (χ3n) is 4.65. The van der Waals surface area contributed by atoms with Crippen LogP contribution in [-0.2, 0) is 15.6 Å². The van der Waals surface area contributed by atoms with E-state index in [-0.39, 0.29) is 10.9 Å². The molecule has 0 saturated carbocycles. The van der Waals surface area contributed by atoms with Gasteiger partial charge >= 0.3 is 0 Å². The van der Waals surface area contributed by atoms with Gasteiger partial charge < -0.3 is 9.47 Å². The van der Waals surface area contributed by atoms with Gasteiger partial charge in [-0.3, -0.25) is 0 Å². The van der Waals surface area contributed by atoms with Gasteiger partial charge in [0.1, 0.15) is 12.4 Å². The summed E-state index contributed by atoms with van der Waals surface area (Å²) in [5, 5.41) is 0. The molecule has 0 aliphatic rings. The smallest absolute Gasteiger partial charge is 0.170 e. The fourth-order valence-electron chi connectivity index (χ4n) is 3.20. The van der Waals surface area contributed by atoms with Gasteiger partial charge in [0.05, 0.1) is 17.5 Å². The highest BCUT2D eigenvalue weighted by Crippen LogP contribution is 2.38. The topological polar surface area (TPSA) is 18.5 Å². The van der Waals surface area contributed by atoms with Crippen LogP contribution < -0.4 is 4.74 Å². The number of hydrogen-bond acceptors (Lipinski definition) is 2. The van der Waals surface area contributed by atoms with Crippen LogP contribution in [-0.4, -0.2) is 20.3 Å². The van der Waals surface area contributed by atoms with E-state index >= 15 is 0 Å². The van der Waals surface area contributed by atoms with Crippen LogP contribution in [0.1, 0.15) is 30.9 Å². The number of rotatable bonds is 8. The van der Waals surface area contributed by atoms with Gasteiger partial charge in [-0.1, -0.05) is 50.2 Å². The molecule has 0 aliphatic heterocycles.